The molecule has 120 valence electrons. The Hall–Kier alpha value is -0.860. The molecule has 0 aliphatic heterocycles. The van der Waals surface area contributed by atoms with Crippen LogP contribution in [0, 0.1) is 0 Å². The monoisotopic (exact) mass is 290 g/mol. The molecule has 0 aliphatic carbocycles. The summed E-state index contributed by atoms with van der Waals surface area (Å²) in [5.41, 5.74) is 1.39. The maximum absolute atomic E-state index is 3.81. The number of unbranched alkanes of at least 4 members (excludes halogenated alkanes) is 4. The van der Waals surface area contributed by atoms with E-state index in [4.69, 9.17) is 0 Å². The fraction of sp³-hybridized carbons (Fsp3) is 0.684. The molecule has 21 heavy (non-hydrogen) atoms. The van der Waals surface area contributed by atoms with Crippen LogP contribution in [-0.4, -0.2) is 31.6 Å². The zero-order chi connectivity index (χ0) is 15.5. The fourth-order valence-electron chi connectivity index (χ4n) is 2.79. The highest BCUT2D eigenvalue weighted by atomic mass is 15.1. The van der Waals surface area contributed by atoms with Gasteiger partial charge in [0.25, 0.3) is 0 Å². The lowest BCUT2D eigenvalue weighted by Crippen LogP contribution is -2.36. The van der Waals surface area contributed by atoms with Gasteiger partial charge in [0.1, 0.15) is 0 Å². The molecule has 0 amide bonds. The lowest BCUT2D eigenvalue weighted by molar-refractivity contribution is 0.316. The Labute approximate surface area is 131 Å². The smallest absolute Gasteiger partial charge is 0.0451 e. The highest BCUT2D eigenvalue weighted by molar-refractivity contribution is 5.19. The summed E-state index contributed by atoms with van der Waals surface area (Å²) in [6.45, 7) is 5.64. The molecular weight excluding hydrogens is 256 g/mol. The molecule has 1 aromatic carbocycles. The number of benzene rings is 1. The van der Waals surface area contributed by atoms with Crippen molar-refractivity contribution >= 4 is 0 Å². The molecule has 1 rings (SSSR count). The topological polar surface area (TPSA) is 15.3 Å². The molecule has 2 unspecified atom stereocenters. The second kappa shape index (κ2) is 10.8. The van der Waals surface area contributed by atoms with E-state index in [1.165, 1.54) is 44.1 Å². The van der Waals surface area contributed by atoms with Crippen LogP contribution in [0.15, 0.2) is 30.3 Å². The fourth-order valence-corrected chi connectivity index (χ4v) is 2.79. The minimum atomic E-state index is 0.423. The summed E-state index contributed by atoms with van der Waals surface area (Å²) in [5, 5.41) is 3.81. The average Bonchev–Trinajstić information content (AvgIpc) is 2.47. The van der Waals surface area contributed by atoms with Crippen molar-refractivity contribution in [3.8, 4) is 0 Å². The van der Waals surface area contributed by atoms with E-state index in [9.17, 15) is 0 Å². The highest BCUT2D eigenvalue weighted by Gasteiger charge is 2.14. The van der Waals surface area contributed by atoms with E-state index >= 15 is 0 Å². The van der Waals surface area contributed by atoms with Crippen molar-refractivity contribution in [2.75, 3.05) is 20.6 Å². The maximum atomic E-state index is 3.81. The summed E-state index contributed by atoms with van der Waals surface area (Å²) in [5.74, 6) is 0. The highest BCUT2D eigenvalue weighted by Crippen LogP contribution is 2.16. The minimum Gasteiger partial charge on any atom is -0.308 e. The molecule has 0 spiro atoms. The zero-order valence-corrected chi connectivity index (χ0v) is 14.4. The van der Waals surface area contributed by atoms with E-state index in [-0.39, 0.29) is 0 Å². The first-order chi connectivity index (χ1) is 10.1. The maximum Gasteiger partial charge on any atom is 0.0451 e. The lowest BCUT2D eigenvalue weighted by atomic mass is 10.0. The van der Waals surface area contributed by atoms with Crippen LogP contribution in [0.1, 0.15) is 64.0 Å². The first kappa shape index (κ1) is 18.2. The second-order valence-corrected chi connectivity index (χ2v) is 6.50. The van der Waals surface area contributed by atoms with Crippen LogP contribution in [-0.2, 0) is 0 Å². The molecule has 0 bridgehead atoms. The average molecular weight is 290 g/mol. The first-order valence-electron chi connectivity index (χ1n) is 8.59. The van der Waals surface area contributed by atoms with Crippen molar-refractivity contribution in [3.05, 3.63) is 35.9 Å². The van der Waals surface area contributed by atoms with Crippen LogP contribution >= 0.6 is 0 Å². The van der Waals surface area contributed by atoms with Crippen LogP contribution in [0.3, 0.4) is 0 Å². The molecule has 0 heterocycles. The van der Waals surface area contributed by atoms with E-state index < -0.39 is 0 Å². The van der Waals surface area contributed by atoms with Crippen molar-refractivity contribution in [1.82, 2.24) is 10.2 Å². The molecule has 0 saturated carbocycles. The predicted octanol–water partition coefficient (Wildman–Crippen LogP) is 4.63. The quantitative estimate of drug-likeness (QED) is 0.598. The Balaban J connectivity index is 2.41. The van der Waals surface area contributed by atoms with E-state index in [1.54, 1.807) is 0 Å². The molecule has 0 aliphatic rings. The molecule has 0 fully saturated rings. The second-order valence-electron chi connectivity index (χ2n) is 6.50. The zero-order valence-electron chi connectivity index (χ0n) is 14.4. The Bertz CT molecular complexity index is 348. The molecule has 1 aromatic rings. The lowest BCUT2D eigenvalue weighted by Gasteiger charge is -2.26. The van der Waals surface area contributed by atoms with Gasteiger partial charge in [-0.25, -0.2) is 0 Å². The first-order valence-corrected chi connectivity index (χ1v) is 8.59. The molecule has 1 N–H and O–H groups in total. The van der Waals surface area contributed by atoms with Crippen LogP contribution in [0.2, 0.25) is 0 Å². The molecule has 2 nitrogen and oxygen atoms in total. The van der Waals surface area contributed by atoms with E-state index in [0.717, 1.165) is 6.54 Å². The third-order valence-electron chi connectivity index (χ3n) is 3.98. The third-order valence-corrected chi connectivity index (χ3v) is 3.98. The number of likely N-dealkylation sites (N-methyl/N-ethyl adjacent to an activating group) is 1. The van der Waals surface area contributed by atoms with Crippen LogP contribution < -0.4 is 5.32 Å². The van der Waals surface area contributed by atoms with Gasteiger partial charge in [-0.2, -0.15) is 0 Å². The van der Waals surface area contributed by atoms with Gasteiger partial charge in [-0.3, -0.25) is 0 Å². The number of nitrogens with zero attached hydrogens (tertiary/aromatic N) is 1. The summed E-state index contributed by atoms with van der Waals surface area (Å²) in [6.07, 6.45) is 8.10. The number of hydrogen-bond acceptors (Lipinski definition) is 2. The van der Waals surface area contributed by atoms with Gasteiger partial charge in [0.15, 0.2) is 0 Å². The van der Waals surface area contributed by atoms with Crippen molar-refractivity contribution in [2.45, 2.75) is 64.5 Å². The van der Waals surface area contributed by atoms with Crippen molar-refractivity contribution in [3.63, 3.8) is 0 Å². The van der Waals surface area contributed by atoms with Crippen LogP contribution in [0.5, 0.6) is 0 Å². The molecule has 2 atom stereocenters. The van der Waals surface area contributed by atoms with Gasteiger partial charge < -0.3 is 10.2 Å². The Morgan fingerprint density at radius 2 is 1.67 bits per heavy atom. The number of hydrogen-bond donors (Lipinski definition) is 1. The number of nitrogens with one attached hydrogen (secondary N) is 1. The van der Waals surface area contributed by atoms with Crippen LogP contribution in [0.4, 0.5) is 0 Å². The Kier molecular flexibility index (Phi) is 9.36. The van der Waals surface area contributed by atoms with Crippen molar-refractivity contribution in [2.24, 2.45) is 0 Å². The van der Waals surface area contributed by atoms with Crippen molar-refractivity contribution < 1.29 is 0 Å². The number of rotatable bonds is 11. The van der Waals surface area contributed by atoms with Gasteiger partial charge in [-0.1, -0.05) is 69.4 Å². The Morgan fingerprint density at radius 3 is 2.29 bits per heavy atom. The molecular formula is C19H34N2. The van der Waals surface area contributed by atoms with Crippen molar-refractivity contribution in [1.29, 1.82) is 0 Å². The summed E-state index contributed by atoms with van der Waals surface area (Å²) < 4.78 is 0. The summed E-state index contributed by atoms with van der Waals surface area (Å²) >= 11 is 0. The molecule has 2 heteroatoms. The minimum absolute atomic E-state index is 0.423. The van der Waals surface area contributed by atoms with Gasteiger partial charge in [0, 0.05) is 18.6 Å². The van der Waals surface area contributed by atoms with E-state index in [2.05, 4.69) is 68.5 Å². The Morgan fingerprint density at radius 1 is 1.00 bits per heavy atom. The van der Waals surface area contributed by atoms with Gasteiger partial charge >= 0.3 is 0 Å². The SMILES string of the molecule is CCCCCCCC(C)NC(CN(C)C)c1ccccc1. The predicted molar refractivity (Wildman–Crippen MR) is 93.7 cm³/mol. The molecule has 0 radical (unpaired) electrons. The normalized spacial score (nSPS) is 14.3. The standard InChI is InChI=1S/C19H34N2/c1-5-6-7-8-10-13-17(2)20-19(16-21(3)4)18-14-11-9-12-15-18/h9,11-12,14-15,17,19-20H,5-8,10,13,16H2,1-4H3. The van der Waals surface area contributed by atoms with Gasteiger partial charge in [0.05, 0.1) is 0 Å². The summed E-state index contributed by atoms with van der Waals surface area (Å²) in [4.78, 5) is 2.26. The van der Waals surface area contributed by atoms with E-state index in [0.29, 0.717) is 12.1 Å². The van der Waals surface area contributed by atoms with E-state index in [1.807, 2.05) is 0 Å². The van der Waals surface area contributed by atoms with Gasteiger partial charge in [0.2, 0.25) is 0 Å². The van der Waals surface area contributed by atoms with Gasteiger partial charge in [-0.05, 0) is 33.0 Å². The van der Waals surface area contributed by atoms with Gasteiger partial charge in [-0.15, -0.1) is 0 Å². The largest absolute Gasteiger partial charge is 0.308 e. The van der Waals surface area contributed by atoms with Crippen LogP contribution in [0.25, 0.3) is 0 Å². The summed E-state index contributed by atoms with van der Waals surface area (Å²) in [7, 11) is 4.29. The third kappa shape index (κ3) is 8.23. The summed E-state index contributed by atoms with van der Waals surface area (Å²) in [6, 6.07) is 11.8. The molecule has 0 saturated heterocycles. The molecule has 0 aromatic heterocycles.